The molecule has 0 spiro atoms. The highest BCUT2D eigenvalue weighted by Crippen LogP contribution is 2.35. The van der Waals surface area contributed by atoms with E-state index in [2.05, 4.69) is 27.6 Å². The van der Waals surface area contributed by atoms with Gasteiger partial charge in [0.1, 0.15) is 17.6 Å². The Labute approximate surface area is 327 Å². The predicted octanol–water partition coefficient (Wildman–Crippen LogP) is 5.75. The zero-order valence-electron chi connectivity index (χ0n) is 30.3. The van der Waals surface area contributed by atoms with Crippen LogP contribution in [0, 0.1) is 6.92 Å². The number of benzene rings is 4. The summed E-state index contributed by atoms with van der Waals surface area (Å²) < 4.78 is 8.80. The molecule has 2 aromatic heterocycles. The monoisotopic (exact) mass is 772 g/mol. The highest BCUT2D eigenvalue weighted by atomic mass is 35.5. The van der Waals surface area contributed by atoms with Crippen LogP contribution in [0.4, 0.5) is 0 Å². The number of thiophene rings is 1. The first-order chi connectivity index (χ1) is 26.7. The fourth-order valence-corrected chi connectivity index (χ4v) is 8.65. The standard InChI is InChI=1S/C41H38BClN6O5S/c1-24-46-47-40-34(45-39(27-9-11-29(43)12-10-27)33-20-30(54-2)13-14-35(33)49(24)40)22-38(50)44-23-25-5-3-6-28(19-25)26-15-17-48(18-16-26)41(51)31-7-4-8-36-32(31)21-37(55-36)42(52)53/h3-14,19-21,26,34,52-53H,15-18,22-23H2,1-2H3,(H,44,50)/t34-/m0/s1. The van der Waals surface area contributed by atoms with Crippen LogP contribution in [0.3, 0.4) is 0 Å². The molecule has 2 aliphatic heterocycles. The Hall–Kier alpha value is -5.34. The van der Waals surface area contributed by atoms with Gasteiger partial charge in [0.15, 0.2) is 5.82 Å². The van der Waals surface area contributed by atoms with Crippen LogP contribution >= 0.6 is 22.9 Å². The molecule has 6 aromatic rings. The average Bonchev–Trinajstić information content (AvgIpc) is 3.79. The Morgan fingerprint density at radius 2 is 1.76 bits per heavy atom. The first-order valence-electron chi connectivity index (χ1n) is 18.1. The molecule has 278 valence electrons. The Balaban J connectivity index is 0.952. The minimum Gasteiger partial charge on any atom is -0.497 e. The lowest BCUT2D eigenvalue weighted by atomic mass is 9.88. The summed E-state index contributed by atoms with van der Waals surface area (Å²) in [6.45, 7) is 3.46. The normalized spacial score (nSPS) is 15.5. The van der Waals surface area contributed by atoms with Gasteiger partial charge in [-0.05, 0) is 85.3 Å². The SMILES string of the molecule is COc1ccc2c(c1)C(c1ccc(Cl)cc1)=N[C@@H](CC(=O)NCc1cccc(C3CCN(C(=O)c4cccc5sc(B(O)O)cc45)CC3)c1)c1nnc(C)n1-2. The van der Waals surface area contributed by atoms with Crippen molar-refractivity contribution in [3.05, 3.63) is 135 Å². The molecule has 0 saturated carbocycles. The lowest BCUT2D eigenvalue weighted by Gasteiger charge is -2.32. The molecule has 11 nitrogen and oxygen atoms in total. The zero-order chi connectivity index (χ0) is 38.2. The molecule has 8 rings (SSSR count). The molecule has 1 atom stereocenters. The summed E-state index contributed by atoms with van der Waals surface area (Å²) in [7, 11) is 0.0556. The van der Waals surface area contributed by atoms with E-state index in [1.165, 1.54) is 16.9 Å². The molecule has 2 amide bonds. The molecule has 4 heterocycles. The number of likely N-dealkylation sites (tertiary alicyclic amines) is 1. The number of amides is 2. The molecule has 0 aliphatic carbocycles. The first-order valence-corrected chi connectivity index (χ1v) is 19.3. The summed E-state index contributed by atoms with van der Waals surface area (Å²) in [5.74, 6) is 2.00. The van der Waals surface area contributed by atoms with Crippen LogP contribution in [-0.2, 0) is 11.3 Å². The van der Waals surface area contributed by atoms with Crippen LogP contribution in [0.15, 0.2) is 96.0 Å². The van der Waals surface area contributed by atoms with Crippen LogP contribution in [0.2, 0.25) is 5.02 Å². The number of nitrogens with one attached hydrogen (secondary N) is 1. The van der Waals surface area contributed by atoms with Crippen molar-refractivity contribution in [3.63, 3.8) is 0 Å². The van der Waals surface area contributed by atoms with Gasteiger partial charge in [0.2, 0.25) is 5.91 Å². The predicted molar refractivity (Wildman–Crippen MR) is 215 cm³/mol. The van der Waals surface area contributed by atoms with Gasteiger partial charge in [-0.2, -0.15) is 0 Å². The third-order valence-electron chi connectivity index (χ3n) is 10.4. The van der Waals surface area contributed by atoms with Crippen molar-refractivity contribution in [2.24, 2.45) is 4.99 Å². The number of hydrogen-bond acceptors (Lipinski definition) is 9. The van der Waals surface area contributed by atoms with E-state index in [1.54, 1.807) is 19.2 Å². The van der Waals surface area contributed by atoms with E-state index < -0.39 is 13.2 Å². The molecule has 14 heteroatoms. The summed E-state index contributed by atoms with van der Waals surface area (Å²) in [5, 5.41) is 32.7. The van der Waals surface area contributed by atoms with Gasteiger partial charge < -0.3 is 25.0 Å². The molecule has 1 saturated heterocycles. The van der Waals surface area contributed by atoms with Crippen molar-refractivity contribution < 1.29 is 24.4 Å². The third-order valence-corrected chi connectivity index (χ3v) is 11.8. The van der Waals surface area contributed by atoms with Crippen LogP contribution < -0.4 is 14.8 Å². The van der Waals surface area contributed by atoms with Crippen molar-refractivity contribution >= 4 is 62.4 Å². The summed E-state index contributed by atoms with van der Waals surface area (Å²) in [6.07, 6.45) is 1.69. The highest BCUT2D eigenvalue weighted by molar-refractivity contribution is 7.28. The lowest BCUT2D eigenvalue weighted by molar-refractivity contribution is -0.121. The summed E-state index contributed by atoms with van der Waals surface area (Å²) in [4.78, 5) is 34.3. The molecule has 3 N–H and O–H groups in total. The molecule has 4 aromatic carbocycles. The first kappa shape index (κ1) is 36.6. The van der Waals surface area contributed by atoms with E-state index in [4.69, 9.17) is 21.3 Å². The number of aliphatic imine (C=N–C) groups is 1. The lowest BCUT2D eigenvalue weighted by Crippen LogP contribution is -2.38. The van der Waals surface area contributed by atoms with E-state index in [1.807, 2.05) is 83.1 Å². The molecule has 0 bridgehead atoms. The van der Waals surface area contributed by atoms with Crippen LogP contribution in [0.25, 0.3) is 15.8 Å². The Morgan fingerprint density at radius 1 is 0.982 bits per heavy atom. The molecular weight excluding hydrogens is 735 g/mol. The number of ether oxygens (including phenoxy) is 1. The van der Waals surface area contributed by atoms with E-state index in [0.717, 1.165) is 45.3 Å². The number of piperidine rings is 1. The molecule has 0 unspecified atom stereocenters. The van der Waals surface area contributed by atoms with Crippen molar-refractivity contribution in [2.45, 2.75) is 44.7 Å². The van der Waals surface area contributed by atoms with Crippen molar-refractivity contribution in [1.82, 2.24) is 25.0 Å². The number of fused-ring (bicyclic) bond motifs is 4. The minimum atomic E-state index is -1.57. The maximum atomic E-state index is 13.7. The highest BCUT2D eigenvalue weighted by Gasteiger charge is 2.31. The van der Waals surface area contributed by atoms with Gasteiger partial charge in [-0.1, -0.05) is 54.1 Å². The fraction of sp³-hybridized carbons (Fsp3) is 0.244. The van der Waals surface area contributed by atoms with Crippen molar-refractivity contribution in [2.75, 3.05) is 20.2 Å². The van der Waals surface area contributed by atoms with Crippen LogP contribution in [0.5, 0.6) is 5.75 Å². The molecule has 1 fully saturated rings. The topological polar surface area (TPSA) is 142 Å². The fourth-order valence-electron chi connectivity index (χ4n) is 7.56. The van der Waals surface area contributed by atoms with E-state index in [9.17, 15) is 19.6 Å². The quantitative estimate of drug-likeness (QED) is 0.159. The maximum absolute atomic E-state index is 13.7. The van der Waals surface area contributed by atoms with Gasteiger partial charge >= 0.3 is 7.12 Å². The Kier molecular flexibility index (Phi) is 10.3. The second-order valence-electron chi connectivity index (χ2n) is 13.9. The largest absolute Gasteiger partial charge is 0.499 e. The smallest absolute Gasteiger partial charge is 0.497 e. The van der Waals surface area contributed by atoms with E-state index >= 15 is 0 Å². The van der Waals surface area contributed by atoms with Crippen molar-refractivity contribution in [3.8, 4) is 11.4 Å². The number of halogens is 1. The summed E-state index contributed by atoms with van der Waals surface area (Å²) in [5.41, 5.74) is 5.97. The number of rotatable bonds is 9. The number of aromatic nitrogens is 3. The summed E-state index contributed by atoms with van der Waals surface area (Å²) in [6, 6.07) is 28.2. The molecular formula is C41H38BClN6O5S. The van der Waals surface area contributed by atoms with Crippen LogP contribution in [0.1, 0.15) is 75.5 Å². The summed E-state index contributed by atoms with van der Waals surface area (Å²) >= 11 is 7.52. The van der Waals surface area contributed by atoms with Crippen LogP contribution in [-0.4, -0.2) is 74.6 Å². The van der Waals surface area contributed by atoms with E-state index in [0.29, 0.717) is 58.1 Å². The minimum absolute atomic E-state index is 0.0485. The number of methoxy groups -OCH3 is 1. The number of nitrogens with zero attached hydrogens (tertiary/aromatic N) is 5. The number of hydrogen-bond donors (Lipinski definition) is 3. The Morgan fingerprint density at radius 3 is 2.53 bits per heavy atom. The third kappa shape index (κ3) is 7.40. The van der Waals surface area contributed by atoms with Crippen molar-refractivity contribution in [1.29, 1.82) is 0 Å². The average molecular weight is 773 g/mol. The zero-order valence-corrected chi connectivity index (χ0v) is 31.8. The second-order valence-corrected chi connectivity index (χ2v) is 15.4. The second kappa shape index (κ2) is 15.4. The van der Waals surface area contributed by atoms with Gasteiger partial charge in [0, 0.05) is 56.2 Å². The van der Waals surface area contributed by atoms with Gasteiger partial charge in [-0.15, -0.1) is 21.5 Å². The van der Waals surface area contributed by atoms with Gasteiger partial charge in [0.25, 0.3) is 5.91 Å². The number of carbonyl (C=O) groups is 2. The number of carbonyl (C=O) groups excluding carboxylic acids is 2. The Bertz CT molecular complexity index is 2440. The van der Waals surface area contributed by atoms with E-state index in [-0.39, 0.29) is 24.2 Å². The molecule has 0 radical (unpaired) electrons. The number of aryl methyl sites for hydroxylation is 1. The maximum Gasteiger partial charge on any atom is 0.499 e. The molecule has 2 aliphatic rings. The molecule has 55 heavy (non-hydrogen) atoms. The van der Waals surface area contributed by atoms with Gasteiger partial charge in [-0.3, -0.25) is 19.1 Å². The van der Waals surface area contributed by atoms with Gasteiger partial charge in [0.05, 0.1) is 24.9 Å². The van der Waals surface area contributed by atoms with Gasteiger partial charge in [-0.25, -0.2) is 0 Å².